The predicted molar refractivity (Wildman–Crippen MR) is 167 cm³/mol. The van der Waals surface area contributed by atoms with Crippen LogP contribution in [0.25, 0.3) is 0 Å². The maximum Gasteiger partial charge on any atom is 0.338 e. The molecule has 1 N–H and O–H groups in total. The van der Waals surface area contributed by atoms with Crippen LogP contribution < -0.4 is 5.32 Å². The lowest BCUT2D eigenvalue weighted by atomic mass is 9.95. The Kier molecular flexibility index (Phi) is 8.99. The highest BCUT2D eigenvalue weighted by Gasteiger charge is 2.41. The molecule has 0 spiro atoms. The number of amides is 2. The molecular weight excluding hydrogens is 636 g/mol. The third-order valence-corrected chi connectivity index (χ3v) is 9.02. The van der Waals surface area contributed by atoms with Gasteiger partial charge in [0.1, 0.15) is 17.7 Å². The maximum absolute atomic E-state index is 14.2. The average Bonchev–Trinajstić information content (AvgIpc) is 3.69. The minimum atomic E-state index is -0.875. The van der Waals surface area contributed by atoms with Crippen LogP contribution in [0.1, 0.15) is 27.7 Å². The first-order valence-electron chi connectivity index (χ1n) is 14.2. The van der Waals surface area contributed by atoms with E-state index in [1.165, 1.54) is 48.8 Å². The van der Waals surface area contributed by atoms with Crippen molar-refractivity contribution in [2.45, 2.75) is 12.1 Å². The van der Waals surface area contributed by atoms with Crippen molar-refractivity contribution in [3.8, 4) is 17.9 Å². The van der Waals surface area contributed by atoms with E-state index in [9.17, 15) is 18.4 Å². The number of urea groups is 1. The van der Waals surface area contributed by atoms with Crippen molar-refractivity contribution in [1.29, 1.82) is 5.26 Å². The molecule has 2 atom stereocenters. The largest absolute Gasteiger partial charge is 0.466 e. The van der Waals surface area contributed by atoms with Gasteiger partial charge in [-0.1, -0.05) is 29.5 Å². The molecule has 3 aliphatic rings. The molecule has 46 heavy (non-hydrogen) atoms. The number of aromatic nitrogens is 1. The highest BCUT2D eigenvalue weighted by molar-refractivity contribution is 7.11. The van der Waals surface area contributed by atoms with Gasteiger partial charge in [-0.25, -0.2) is 23.4 Å². The van der Waals surface area contributed by atoms with Gasteiger partial charge >= 0.3 is 12.0 Å². The second-order valence-electron chi connectivity index (χ2n) is 10.7. The van der Waals surface area contributed by atoms with Crippen molar-refractivity contribution in [1.82, 2.24) is 25.0 Å². The fraction of sp³-hybridized carbons (Fsp3) is 0.281. The number of hydrogen-bond acceptors (Lipinski definition) is 9. The summed E-state index contributed by atoms with van der Waals surface area (Å²) in [6, 6.07) is 8.76. The van der Waals surface area contributed by atoms with Crippen LogP contribution in [-0.4, -0.2) is 89.9 Å². The molecule has 234 valence electrons. The SMILES string of the molecule is COC(=O)C1=C(CN2CCN3C(=O)N(CC#Cc4ccc(C#N)cc4F)C[C@@H]3C2)NC(c2nccs2)=N[C@H]1c1ccc(F)cc1Cl. The maximum atomic E-state index is 14.2. The summed E-state index contributed by atoms with van der Waals surface area (Å²) in [5, 5.41) is 14.8. The van der Waals surface area contributed by atoms with E-state index < -0.39 is 23.6 Å². The molecular formula is C32H26ClF2N7O3S. The Bertz CT molecular complexity index is 1860. The summed E-state index contributed by atoms with van der Waals surface area (Å²) in [4.78, 5) is 41.1. The molecule has 0 unspecified atom stereocenters. The van der Waals surface area contributed by atoms with Crippen molar-refractivity contribution in [2.75, 3.05) is 46.4 Å². The standard InChI is InChI=1S/C32H26ClF2N7O3S/c1-45-31(43)27-26(38-29(30-37-8-12-46-30)39-28(27)23-7-6-21(34)14-24(23)33)18-40-10-11-42-22(16-40)17-41(32(42)44)9-2-3-20-5-4-19(15-36)13-25(20)35/h4-8,12-14,22,28H,9-11,16-18H2,1H3,(H,38,39)/t22-,28-/m0/s1. The van der Waals surface area contributed by atoms with Gasteiger partial charge in [0.2, 0.25) is 0 Å². The van der Waals surface area contributed by atoms with Gasteiger partial charge in [0.05, 0.1) is 42.5 Å². The Morgan fingerprint density at radius 2 is 2.07 bits per heavy atom. The highest BCUT2D eigenvalue weighted by atomic mass is 35.5. The second kappa shape index (κ2) is 13.3. The number of esters is 1. The summed E-state index contributed by atoms with van der Waals surface area (Å²) in [6.07, 6.45) is 1.65. The molecule has 4 heterocycles. The van der Waals surface area contributed by atoms with Gasteiger partial charge in [0.25, 0.3) is 0 Å². The topological polar surface area (TPSA) is 114 Å². The molecule has 10 nitrogen and oxygen atoms in total. The number of nitrogens with zero attached hydrogens (tertiary/aromatic N) is 6. The van der Waals surface area contributed by atoms with Crippen LogP contribution in [0.3, 0.4) is 0 Å². The lowest BCUT2D eigenvalue weighted by molar-refractivity contribution is -0.136. The van der Waals surface area contributed by atoms with Gasteiger partial charge in [-0.2, -0.15) is 5.26 Å². The van der Waals surface area contributed by atoms with Gasteiger partial charge in [-0.05, 0) is 30.3 Å². The summed E-state index contributed by atoms with van der Waals surface area (Å²) in [5.74, 6) is 4.38. The molecule has 0 saturated carbocycles. The van der Waals surface area contributed by atoms with Crippen LogP contribution in [0.2, 0.25) is 5.02 Å². The number of hydrogen-bond donors (Lipinski definition) is 1. The molecule has 0 bridgehead atoms. The Morgan fingerprint density at radius 3 is 2.78 bits per heavy atom. The van der Waals surface area contributed by atoms with E-state index in [0.29, 0.717) is 54.8 Å². The molecule has 0 aliphatic carbocycles. The van der Waals surface area contributed by atoms with Crippen molar-refractivity contribution in [3.63, 3.8) is 0 Å². The summed E-state index contributed by atoms with van der Waals surface area (Å²) >= 11 is 7.83. The molecule has 0 radical (unpaired) electrons. The number of thiazole rings is 1. The van der Waals surface area contributed by atoms with Crippen LogP contribution in [0.5, 0.6) is 0 Å². The summed E-state index contributed by atoms with van der Waals surface area (Å²) in [5.41, 5.74) is 1.60. The fourth-order valence-electron chi connectivity index (χ4n) is 5.73. The third-order valence-electron chi connectivity index (χ3n) is 7.91. The number of nitriles is 1. The van der Waals surface area contributed by atoms with Gasteiger partial charge in [-0.15, -0.1) is 11.3 Å². The lowest BCUT2D eigenvalue weighted by Gasteiger charge is -2.38. The summed E-state index contributed by atoms with van der Waals surface area (Å²) in [7, 11) is 1.28. The quantitative estimate of drug-likeness (QED) is 0.315. The number of nitrogens with one attached hydrogen (secondary N) is 1. The number of carbonyl (C=O) groups excluding carboxylic acids is 2. The number of fused-ring (bicyclic) bond motifs is 1. The Morgan fingerprint density at radius 1 is 1.22 bits per heavy atom. The lowest BCUT2D eigenvalue weighted by Crippen LogP contribution is -2.53. The van der Waals surface area contributed by atoms with Gasteiger partial charge in [-0.3, -0.25) is 9.89 Å². The minimum absolute atomic E-state index is 0.123. The third kappa shape index (κ3) is 6.30. The molecule has 1 aromatic heterocycles. The van der Waals surface area contributed by atoms with E-state index in [0.717, 1.165) is 6.07 Å². The smallest absolute Gasteiger partial charge is 0.338 e. The van der Waals surface area contributed by atoms with E-state index in [1.807, 2.05) is 11.4 Å². The zero-order valence-corrected chi connectivity index (χ0v) is 26.0. The fourth-order valence-corrected chi connectivity index (χ4v) is 6.58. The van der Waals surface area contributed by atoms with E-state index in [-0.39, 0.29) is 40.3 Å². The van der Waals surface area contributed by atoms with Crippen molar-refractivity contribution >= 4 is 40.8 Å². The molecule has 2 saturated heterocycles. The summed E-state index contributed by atoms with van der Waals surface area (Å²) < 4.78 is 33.4. The highest BCUT2D eigenvalue weighted by Crippen LogP contribution is 2.37. The normalized spacial score (nSPS) is 19.5. The van der Waals surface area contributed by atoms with E-state index in [2.05, 4.69) is 27.0 Å². The van der Waals surface area contributed by atoms with Gasteiger partial charge < -0.3 is 19.9 Å². The molecule has 2 aromatic carbocycles. The molecule has 3 aromatic rings. The molecule has 14 heteroatoms. The minimum Gasteiger partial charge on any atom is -0.466 e. The molecule has 3 aliphatic heterocycles. The molecule has 6 rings (SSSR count). The summed E-state index contributed by atoms with van der Waals surface area (Å²) in [6.45, 7) is 2.36. The van der Waals surface area contributed by atoms with Crippen LogP contribution in [0.15, 0.2) is 64.2 Å². The number of halogens is 3. The molecule has 2 amide bonds. The van der Waals surface area contributed by atoms with E-state index in [4.69, 9.17) is 26.6 Å². The zero-order chi connectivity index (χ0) is 32.4. The Hall–Kier alpha value is -4.82. The molecule has 2 fully saturated rings. The van der Waals surface area contributed by atoms with Crippen LogP contribution >= 0.6 is 22.9 Å². The van der Waals surface area contributed by atoms with Crippen molar-refractivity contribution in [2.24, 2.45) is 4.99 Å². The number of benzene rings is 2. The second-order valence-corrected chi connectivity index (χ2v) is 12.0. The number of aliphatic imine (C=N–C) groups is 1. The van der Waals surface area contributed by atoms with E-state index >= 15 is 0 Å². The van der Waals surface area contributed by atoms with E-state index in [1.54, 1.807) is 16.0 Å². The average molecular weight is 662 g/mol. The van der Waals surface area contributed by atoms with Gasteiger partial charge in [0, 0.05) is 60.6 Å². The first kappa shape index (κ1) is 31.2. The number of ether oxygens (including phenoxy) is 1. The van der Waals surface area contributed by atoms with Crippen molar-refractivity contribution < 1.29 is 23.1 Å². The monoisotopic (exact) mass is 661 g/mol. The van der Waals surface area contributed by atoms with Crippen LogP contribution in [0.4, 0.5) is 13.6 Å². The number of carbonyl (C=O) groups is 2. The van der Waals surface area contributed by atoms with Crippen LogP contribution in [0, 0.1) is 34.8 Å². The van der Waals surface area contributed by atoms with Crippen LogP contribution in [-0.2, 0) is 9.53 Å². The Balaban J connectivity index is 1.22. The number of amidine groups is 1. The van der Waals surface area contributed by atoms with Crippen molar-refractivity contribution in [3.05, 3.63) is 97.6 Å². The zero-order valence-electron chi connectivity index (χ0n) is 24.5. The number of methoxy groups -OCH3 is 1. The predicted octanol–water partition coefficient (Wildman–Crippen LogP) is 3.94. The first-order chi connectivity index (χ1) is 22.2. The Labute approximate surface area is 272 Å². The number of rotatable bonds is 6. The first-order valence-corrected chi connectivity index (χ1v) is 15.5. The number of piperazine rings is 1. The van der Waals surface area contributed by atoms with Gasteiger partial charge in [0.15, 0.2) is 10.8 Å².